The molecule has 1 aromatic heterocycles. The molecule has 0 bridgehead atoms. The van der Waals surface area contributed by atoms with Crippen LogP contribution in [0.5, 0.6) is 0 Å². The van der Waals surface area contributed by atoms with Gasteiger partial charge in [-0.15, -0.1) is 0 Å². The molecule has 1 aromatic rings. The lowest BCUT2D eigenvalue weighted by atomic mass is 10.1. The van der Waals surface area contributed by atoms with Crippen LogP contribution in [-0.2, 0) is 13.5 Å². The molecule has 0 aliphatic carbocycles. The molecule has 0 saturated heterocycles. The molecular formula is C10H20N4O. The van der Waals surface area contributed by atoms with E-state index in [1.807, 2.05) is 7.05 Å². The minimum absolute atomic E-state index is 0.0286. The van der Waals surface area contributed by atoms with Crippen LogP contribution in [0.1, 0.15) is 26.6 Å². The highest BCUT2D eigenvalue weighted by atomic mass is 16.3. The van der Waals surface area contributed by atoms with Crippen molar-refractivity contribution in [3.63, 3.8) is 0 Å². The zero-order chi connectivity index (χ0) is 11.5. The number of nitrogens with zero attached hydrogens (tertiary/aromatic N) is 3. The van der Waals surface area contributed by atoms with E-state index in [2.05, 4.69) is 36.2 Å². The fraction of sp³-hybridized carbons (Fsp3) is 0.800. The SMILES string of the molecule is Cn1ncnc1CC(O)CNC(C)(C)C. The number of nitrogens with one attached hydrogen (secondary N) is 1. The lowest BCUT2D eigenvalue weighted by molar-refractivity contribution is 0.157. The van der Waals surface area contributed by atoms with E-state index in [4.69, 9.17) is 0 Å². The van der Waals surface area contributed by atoms with Crippen LogP contribution >= 0.6 is 0 Å². The van der Waals surface area contributed by atoms with Crippen LogP contribution in [0.3, 0.4) is 0 Å². The number of rotatable bonds is 4. The average molecular weight is 212 g/mol. The van der Waals surface area contributed by atoms with E-state index in [-0.39, 0.29) is 5.54 Å². The van der Waals surface area contributed by atoms with Crippen LogP contribution in [0, 0.1) is 0 Å². The first kappa shape index (κ1) is 12.1. The van der Waals surface area contributed by atoms with E-state index in [1.54, 1.807) is 4.68 Å². The molecule has 0 spiro atoms. The summed E-state index contributed by atoms with van der Waals surface area (Å²) in [5, 5.41) is 17.0. The van der Waals surface area contributed by atoms with Crippen molar-refractivity contribution in [1.82, 2.24) is 20.1 Å². The Balaban J connectivity index is 2.37. The van der Waals surface area contributed by atoms with Gasteiger partial charge in [-0.1, -0.05) is 0 Å². The second-order valence-corrected chi connectivity index (χ2v) is 4.79. The van der Waals surface area contributed by atoms with E-state index >= 15 is 0 Å². The van der Waals surface area contributed by atoms with E-state index in [1.165, 1.54) is 6.33 Å². The Bertz CT molecular complexity index is 303. The molecule has 0 radical (unpaired) electrons. The smallest absolute Gasteiger partial charge is 0.138 e. The van der Waals surface area contributed by atoms with Crippen molar-refractivity contribution in [3.8, 4) is 0 Å². The third kappa shape index (κ3) is 4.40. The zero-order valence-electron chi connectivity index (χ0n) is 9.86. The summed E-state index contributed by atoms with van der Waals surface area (Å²) < 4.78 is 1.68. The molecule has 0 fully saturated rings. The van der Waals surface area contributed by atoms with Crippen molar-refractivity contribution in [2.75, 3.05) is 6.54 Å². The normalized spacial score (nSPS) is 14.2. The molecule has 1 unspecified atom stereocenters. The van der Waals surface area contributed by atoms with Gasteiger partial charge in [-0.2, -0.15) is 5.10 Å². The van der Waals surface area contributed by atoms with Gasteiger partial charge in [0.15, 0.2) is 0 Å². The Hall–Kier alpha value is -0.940. The van der Waals surface area contributed by atoms with Crippen LogP contribution in [0.2, 0.25) is 0 Å². The van der Waals surface area contributed by atoms with Gasteiger partial charge >= 0.3 is 0 Å². The summed E-state index contributed by atoms with van der Waals surface area (Å²) in [6.45, 7) is 6.78. The second-order valence-electron chi connectivity index (χ2n) is 4.79. The van der Waals surface area contributed by atoms with Gasteiger partial charge in [0.05, 0.1) is 6.10 Å². The molecule has 0 aliphatic rings. The van der Waals surface area contributed by atoms with Crippen LogP contribution in [0.25, 0.3) is 0 Å². The molecule has 0 aliphatic heterocycles. The van der Waals surface area contributed by atoms with Crippen molar-refractivity contribution < 1.29 is 5.11 Å². The summed E-state index contributed by atoms with van der Waals surface area (Å²) in [5.41, 5.74) is 0.0286. The summed E-state index contributed by atoms with van der Waals surface area (Å²) in [7, 11) is 1.83. The van der Waals surface area contributed by atoms with E-state index in [9.17, 15) is 5.11 Å². The van der Waals surface area contributed by atoms with Crippen molar-refractivity contribution in [3.05, 3.63) is 12.2 Å². The largest absolute Gasteiger partial charge is 0.391 e. The number of β-amino-alcohol motifs (C(OH)–C–C–N with tert-alkyl or cyclic N) is 1. The number of aliphatic hydroxyl groups is 1. The average Bonchev–Trinajstić information content (AvgIpc) is 2.47. The minimum atomic E-state index is -0.424. The highest BCUT2D eigenvalue weighted by Crippen LogP contribution is 2.01. The Morgan fingerprint density at radius 1 is 1.53 bits per heavy atom. The molecule has 5 nitrogen and oxygen atoms in total. The van der Waals surface area contributed by atoms with Crippen molar-refractivity contribution in [2.24, 2.45) is 7.05 Å². The molecule has 1 atom stereocenters. The van der Waals surface area contributed by atoms with Gasteiger partial charge < -0.3 is 10.4 Å². The first-order chi connectivity index (χ1) is 6.88. The Morgan fingerprint density at radius 3 is 2.67 bits per heavy atom. The quantitative estimate of drug-likeness (QED) is 0.743. The highest BCUT2D eigenvalue weighted by Gasteiger charge is 2.14. The van der Waals surface area contributed by atoms with Gasteiger partial charge in [0.2, 0.25) is 0 Å². The summed E-state index contributed by atoms with van der Waals surface area (Å²) >= 11 is 0. The standard InChI is InChI=1S/C10H20N4O/c1-10(2,3)12-6-8(15)5-9-11-7-13-14(9)4/h7-8,12,15H,5-6H2,1-4H3. The third-order valence-corrected chi connectivity index (χ3v) is 2.09. The molecule has 5 heteroatoms. The third-order valence-electron chi connectivity index (χ3n) is 2.09. The van der Waals surface area contributed by atoms with Crippen molar-refractivity contribution in [1.29, 1.82) is 0 Å². The molecule has 86 valence electrons. The van der Waals surface area contributed by atoms with Crippen LogP contribution in [0.15, 0.2) is 6.33 Å². The van der Waals surface area contributed by atoms with Crippen LogP contribution in [0.4, 0.5) is 0 Å². The van der Waals surface area contributed by atoms with Gasteiger partial charge in [-0.05, 0) is 20.8 Å². The number of aromatic nitrogens is 3. The van der Waals surface area contributed by atoms with Gasteiger partial charge in [-0.25, -0.2) is 4.98 Å². The van der Waals surface area contributed by atoms with Crippen molar-refractivity contribution >= 4 is 0 Å². The van der Waals surface area contributed by atoms with E-state index in [0.717, 1.165) is 5.82 Å². The lowest BCUT2D eigenvalue weighted by Gasteiger charge is -2.22. The molecule has 0 amide bonds. The first-order valence-corrected chi connectivity index (χ1v) is 5.14. The summed E-state index contributed by atoms with van der Waals surface area (Å²) in [5.74, 6) is 0.804. The number of hydrogen-bond acceptors (Lipinski definition) is 4. The maximum absolute atomic E-state index is 9.77. The summed E-state index contributed by atoms with van der Waals surface area (Å²) in [4.78, 5) is 4.06. The molecule has 0 saturated carbocycles. The molecule has 1 heterocycles. The highest BCUT2D eigenvalue weighted by molar-refractivity contribution is 4.87. The lowest BCUT2D eigenvalue weighted by Crippen LogP contribution is -2.41. The summed E-state index contributed by atoms with van der Waals surface area (Å²) in [6, 6.07) is 0. The minimum Gasteiger partial charge on any atom is -0.391 e. The number of hydrogen-bond donors (Lipinski definition) is 2. The van der Waals surface area contributed by atoms with E-state index in [0.29, 0.717) is 13.0 Å². The van der Waals surface area contributed by atoms with Gasteiger partial charge in [0.1, 0.15) is 12.2 Å². The fourth-order valence-corrected chi connectivity index (χ4v) is 1.21. The van der Waals surface area contributed by atoms with Crippen molar-refractivity contribution in [2.45, 2.75) is 38.8 Å². The maximum Gasteiger partial charge on any atom is 0.138 e. The Morgan fingerprint density at radius 2 is 2.20 bits per heavy atom. The predicted octanol–water partition coefficient (Wildman–Crippen LogP) is 0.107. The Labute approximate surface area is 90.5 Å². The van der Waals surface area contributed by atoms with Gasteiger partial charge in [0, 0.05) is 25.6 Å². The summed E-state index contributed by atoms with van der Waals surface area (Å²) in [6.07, 6.45) is 1.60. The molecular weight excluding hydrogens is 192 g/mol. The number of aliphatic hydroxyl groups excluding tert-OH is 1. The second kappa shape index (κ2) is 4.72. The molecule has 1 rings (SSSR count). The predicted molar refractivity (Wildman–Crippen MR) is 58.5 cm³/mol. The first-order valence-electron chi connectivity index (χ1n) is 5.14. The zero-order valence-corrected chi connectivity index (χ0v) is 9.86. The van der Waals surface area contributed by atoms with E-state index < -0.39 is 6.10 Å². The maximum atomic E-state index is 9.77. The van der Waals surface area contributed by atoms with Gasteiger partial charge in [-0.3, -0.25) is 4.68 Å². The fourth-order valence-electron chi connectivity index (χ4n) is 1.21. The van der Waals surface area contributed by atoms with Gasteiger partial charge in [0.25, 0.3) is 0 Å². The van der Waals surface area contributed by atoms with Crippen LogP contribution < -0.4 is 5.32 Å². The molecule has 15 heavy (non-hydrogen) atoms. The number of aryl methyl sites for hydroxylation is 1. The molecule has 2 N–H and O–H groups in total. The Kier molecular flexibility index (Phi) is 3.82. The monoisotopic (exact) mass is 212 g/mol. The molecule has 0 aromatic carbocycles. The van der Waals surface area contributed by atoms with Crippen LogP contribution in [-0.4, -0.2) is 38.1 Å². The topological polar surface area (TPSA) is 63.0 Å².